The average molecular weight is 352 g/mol. The van der Waals surface area contributed by atoms with Gasteiger partial charge in [0, 0.05) is 15.6 Å². The highest BCUT2D eigenvalue weighted by Gasteiger charge is 2.20. The minimum atomic E-state index is -0.0156. The molecule has 0 fully saturated rings. The van der Waals surface area contributed by atoms with E-state index in [1.54, 1.807) is 6.07 Å². The summed E-state index contributed by atoms with van der Waals surface area (Å²) < 4.78 is 0.740. The Morgan fingerprint density at radius 3 is 2.15 bits per heavy atom. The van der Waals surface area contributed by atoms with Gasteiger partial charge in [0.25, 0.3) is 0 Å². The molecular formula is C17H16BrClO. The number of ketones is 1. The Hall–Kier alpha value is -1.12. The van der Waals surface area contributed by atoms with Crippen LogP contribution in [-0.4, -0.2) is 5.78 Å². The lowest BCUT2D eigenvalue weighted by Crippen LogP contribution is -2.09. The maximum absolute atomic E-state index is 12.9. The van der Waals surface area contributed by atoms with Crippen molar-refractivity contribution < 1.29 is 4.79 Å². The summed E-state index contributed by atoms with van der Waals surface area (Å²) in [6.45, 7) is 8.03. The summed E-state index contributed by atoms with van der Waals surface area (Å²) in [6, 6.07) is 7.55. The average Bonchev–Trinajstić information content (AvgIpc) is 2.40. The van der Waals surface area contributed by atoms with E-state index in [4.69, 9.17) is 11.6 Å². The Morgan fingerprint density at radius 2 is 1.60 bits per heavy atom. The van der Waals surface area contributed by atoms with Gasteiger partial charge in [0.2, 0.25) is 0 Å². The fourth-order valence-electron chi connectivity index (χ4n) is 2.37. The lowest BCUT2D eigenvalue weighted by Gasteiger charge is -2.15. The summed E-state index contributed by atoms with van der Waals surface area (Å²) in [6.07, 6.45) is 0. The minimum Gasteiger partial charge on any atom is -0.289 e. The molecule has 0 amide bonds. The van der Waals surface area contributed by atoms with Gasteiger partial charge in [0.15, 0.2) is 5.78 Å². The lowest BCUT2D eigenvalue weighted by atomic mass is 9.89. The van der Waals surface area contributed by atoms with Crippen molar-refractivity contribution in [3.8, 4) is 0 Å². The molecule has 0 aromatic heterocycles. The monoisotopic (exact) mass is 350 g/mol. The molecule has 0 saturated carbocycles. The van der Waals surface area contributed by atoms with E-state index in [0.29, 0.717) is 10.6 Å². The number of carbonyl (C=O) groups is 1. The Morgan fingerprint density at radius 1 is 1.05 bits per heavy atom. The number of benzene rings is 2. The fraction of sp³-hybridized carbons (Fsp3) is 0.235. The van der Waals surface area contributed by atoms with Crippen LogP contribution in [0.5, 0.6) is 0 Å². The SMILES string of the molecule is Cc1cc(C)c(C)c(C(=O)c2cccc(Br)c2Cl)c1C. The first-order chi connectivity index (χ1) is 9.34. The highest BCUT2D eigenvalue weighted by molar-refractivity contribution is 9.10. The van der Waals surface area contributed by atoms with Gasteiger partial charge in [-0.2, -0.15) is 0 Å². The molecule has 0 N–H and O–H groups in total. The summed E-state index contributed by atoms with van der Waals surface area (Å²) in [5.74, 6) is -0.0156. The molecule has 0 spiro atoms. The number of carbonyl (C=O) groups excluding carboxylic acids is 1. The van der Waals surface area contributed by atoms with Crippen molar-refractivity contribution in [2.24, 2.45) is 0 Å². The maximum atomic E-state index is 12.9. The van der Waals surface area contributed by atoms with Gasteiger partial charge in [0.05, 0.1) is 5.02 Å². The molecule has 0 aliphatic rings. The zero-order valence-electron chi connectivity index (χ0n) is 12.0. The van der Waals surface area contributed by atoms with Crippen LogP contribution >= 0.6 is 27.5 Å². The van der Waals surface area contributed by atoms with Crippen molar-refractivity contribution in [3.63, 3.8) is 0 Å². The van der Waals surface area contributed by atoms with Crippen molar-refractivity contribution in [3.05, 3.63) is 67.1 Å². The second kappa shape index (κ2) is 5.71. The normalized spacial score (nSPS) is 10.7. The van der Waals surface area contributed by atoms with E-state index < -0.39 is 0 Å². The predicted molar refractivity (Wildman–Crippen MR) is 88.0 cm³/mol. The molecule has 104 valence electrons. The molecule has 0 bridgehead atoms. The third-order valence-electron chi connectivity index (χ3n) is 3.79. The van der Waals surface area contributed by atoms with Crippen LogP contribution in [0.25, 0.3) is 0 Å². The molecule has 0 heterocycles. The van der Waals surface area contributed by atoms with Crippen molar-refractivity contribution in [2.75, 3.05) is 0 Å². The molecule has 3 heteroatoms. The van der Waals surface area contributed by atoms with Crippen molar-refractivity contribution >= 4 is 33.3 Å². The van der Waals surface area contributed by atoms with E-state index >= 15 is 0 Å². The van der Waals surface area contributed by atoms with E-state index in [1.807, 2.05) is 39.8 Å². The largest absolute Gasteiger partial charge is 0.289 e. The molecule has 2 rings (SSSR count). The number of rotatable bonds is 2. The first-order valence-corrected chi connectivity index (χ1v) is 7.57. The van der Waals surface area contributed by atoms with E-state index in [0.717, 1.165) is 32.3 Å². The third kappa shape index (κ3) is 2.55. The van der Waals surface area contributed by atoms with Crippen LogP contribution in [-0.2, 0) is 0 Å². The molecule has 0 aliphatic carbocycles. The van der Waals surface area contributed by atoms with Crippen LogP contribution < -0.4 is 0 Å². The summed E-state index contributed by atoms with van der Waals surface area (Å²) in [5.41, 5.74) is 5.60. The topological polar surface area (TPSA) is 17.1 Å². The summed E-state index contributed by atoms with van der Waals surface area (Å²) in [5, 5.41) is 0.468. The fourth-order valence-corrected chi connectivity index (χ4v) is 2.95. The lowest BCUT2D eigenvalue weighted by molar-refractivity contribution is 0.103. The third-order valence-corrected chi connectivity index (χ3v) is 5.09. The first-order valence-electron chi connectivity index (χ1n) is 6.40. The number of hydrogen-bond donors (Lipinski definition) is 0. The highest BCUT2D eigenvalue weighted by Crippen LogP contribution is 2.30. The molecular weight excluding hydrogens is 336 g/mol. The maximum Gasteiger partial charge on any atom is 0.195 e. The Bertz CT molecular complexity index is 678. The van der Waals surface area contributed by atoms with Gasteiger partial charge in [-0.05, 0) is 78.0 Å². The number of hydrogen-bond acceptors (Lipinski definition) is 1. The van der Waals surface area contributed by atoms with Gasteiger partial charge in [-0.15, -0.1) is 0 Å². The molecule has 2 aromatic carbocycles. The van der Waals surface area contributed by atoms with E-state index in [9.17, 15) is 4.79 Å². The quantitative estimate of drug-likeness (QED) is 0.647. The summed E-state index contributed by atoms with van der Waals surface area (Å²) in [4.78, 5) is 12.9. The number of aryl methyl sites for hydroxylation is 2. The number of halogens is 2. The van der Waals surface area contributed by atoms with Crippen molar-refractivity contribution in [1.82, 2.24) is 0 Å². The minimum absolute atomic E-state index is 0.0156. The molecule has 0 aliphatic heterocycles. The van der Waals surface area contributed by atoms with Gasteiger partial charge in [-0.3, -0.25) is 4.79 Å². The Kier molecular flexibility index (Phi) is 4.36. The molecule has 1 nitrogen and oxygen atoms in total. The Balaban J connectivity index is 2.69. The van der Waals surface area contributed by atoms with E-state index in [-0.39, 0.29) is 5.78 Å². The Labute approximate surface area is 133 Å². The molecule has 2 aromatic rings. The summed E-state index contributed by atoms with van der Waals surface area (Å²) in [7, 11) is 0. The van der Waals surface area contributed by atoms with Crippen molar-refractivity contribution in [1.29, 1.82) is 0 Å². The first kappa shape index (κ1) is 15.3. The smallest absolute Gasteiger partial charge is 0.195 e. The van der Waals surface area contributed by atoms with E-state index in [1.165, 1.54) is 0 Å². The van der Waals surface area contributed by atoms with Gasteiger partial charge >= 0.3 is 0 Å². The van der Waals surface area contributed by atoms with Crippen LogP contribution in [0.1, 0.15) is 38.2 Å². The van der Waals surface area contributed by atoms with E-state index in [2.05, 4.69) is 22.0 Å². The van der Waals surface area contributed by atoms with Gasteiger partial charge in [-0.25, -0.2) is 0 Å². The molecule has 0 atom stereocenters. The zero-order chi connectivity index (χ0) is 15.0. The predicted octanol–water partition coefficient (Wildman–Crippen LogP) is 5.57. The molecule has 0 radical (unpaired) electrons. The van der Waals surface area contributed by atoms with Gasteiger partial charge in [-0.1, -0.05) is 23.7 Å². The highest BCUT2D eigenvalue weighted by atomic mass is 79.9. The van der Waals surface area contributed by atoms with Crippen LogP contribution in [0, 0.1) is 27.7 Å². The van der Waals surface area contributed by atoms with Crippen LogP contribution in [0.3, 0.4) is 0 Å². The second-order valence-electron chi connectivity index (χ2n) is 5.07. The molecule has 0 unspecified atom stereocenters. The standard InChI is InChI=1S/C17H16BrClO/c1-9-8-10(2)12(4)15(11(9)3)17(20)13-6-5-7-14(18)16(13)19/h5-8H,1-4H3. The summed E-state index contributed by atoms with van der Waals surface area (Å²) >= 11 is 9.62. The molecule has 20 heavy (non-hydrogen) atoms. The van der Waals surface area contributed by atoms with Gasteiger partial charge < -0.3 is 0 Å². The van der Waals surface area contributed by atoms with Crippen LogP contribution in [0.4, 0.5) is 0 Å². The van der Waals surface area contributed by atoms with Crippen LogP contribution in [0.15, 0.2) is 28.7 Å². The second-order valence-corrected chi connectivity index (χ2v) is 6.30. The zero-order valence-corrected chi connectivity index (χ0v) is 14.3. The van der Waals surface area contributed by atoms with Gasteiger partial charge in [0.1, 0.15) is 0 Å². The van der Waals surface area contributed by atoms with Crippen LogP contribution in [0.2, 0.25) is 5.02 Å². The van der Waals surface area contributed by atoms with Crippen molar-refractivity contribution in [2.45, 2.75) is 27.7 Å². The molecule has 0 saturated heterocycles.